The molecule has 0 N–H and O–H groups in total. The first-order chi connectivity index (χ1) is 16.1. The maximum Gasteiger partial charge on any atom is 0.347 e. The summed E-state index contributed by atoms with van der Waals surface area (Å²) in [6, 6.07) is 25.6. The number of ketones is 1. The van der Waals surface area contributed by atoms with Crippen LogP contribution in [0.4, 0.5) is 0 Å². The molecular weight excluding hydrogens is 436 g/mol. The highest BCUT2D eigenvalue weighted by molar-refractivity contribution is 6.30. The van der Waals surface area contributed by atoms with Crippen LogP contribution in [-0.4, -0.2) is 15.6 Å². The van der Waals surface area contributed by atoms with Gasteiger partial charge in [-0.25, -0.2) is 9.48 Å². The number of rotatable bonds is 5. The molecule has 5 nitrogen and oxygen atoms in total. The minimum absolute atomic E-state index is 0.0200. The molecule has 0 unspecified atom stereocenters. The van der Waals surface area contributed by atoms with Crippen molar-refractivity contribution < 1.29 is 9.21 Å². The van der Waals surface area contributed by atoms with E-state index in [0.717, 1.165) is 16.8 Å². The Hall–Kier alpha value is -4.22. The Kier molecular flexibility index (Phi) is 5.47. The molecule has 3 aromatic carbocycles. The summed E-state index contributed by atoms with van der Waals surface area (Å²) in [6.45, 7) is 0. The predicted octanol–water partition coefficient (Wildman–Crippen LogP) is 6.20. The number of fused-ring (bicyclic) bond motifs is 1. The van der Waals surface area contributed by atoms with Gasteiger partial charge in [-0.1, -0.05) is 60.1 Å². The minimum atomic E-state index is -0.666. The second-order valence-corrected chi connectivity index (χ2v) is 7.84. The molecule has 0 aliphatic rings. The van der Waals surface area contributed by atoms with E-state index in [2.05, 4.69) is 0 Å². The molecule has 0 saturated carbocycles. The van der Waals surface area contributed by atoms with Gasteiger partial charge in [0, 0.05) is 27.7 Å². The Morgan fingerprint density at radius 1 is 0.939 bits per heavy atom. The Morgan fingerprint density at radius 2 is 1.67 bits per heavy atom. The van der Waals surface area contributed by atoms with Crippen LogP contribution in [-0.2, 0) is 0 Å². The normalized spacial score (nSPS) is 11.3. The Labute approximate surface area is 194 Å². The van der Waals surface area contributed by atoms with Crippen LogP contribution < -0.4 is 5.63 Å². The maximum absolute atomic E-state index is 12.9. The summed E-state index contributed by atoms with van der Waals surface area (Å²) in [5.41, 5.74) is 2.90. The number of hydrogen-bond acceptors (Lipinski definition) is 4. The zero-order chi connectivity index (χ0) is 22.8. The van der Waals surface area contributed by atoms with Crippen LogP contribution in [0, 0.1) is 0 Å². The van der Waals surface area contributed by atoms with Gasteiger partial charge in [0.25, 0.3) is 0 Å². The van der Waals surface area contributed by atoms with E-state index in [9.17, 15) is 9.59 Å². The summed E-state index contributed by atoms with van der Waals surface area (Å²) in [6.07, 6.45) is 4.87. The summed E-state index contributed by atoms with van der Waals surface area (Å²) in [5.74, 6) is -0.441. The summed E-state index contributed by atoms with van der Waals surface area (Å²) >= 11 is 6.04. The first-order valence-electron chi connectivity index (χ1n) is 10.2. The lowest BCUT2D eigenvalue weighted by molar-refractivity contribution is 0.104. The molecule has 6 heteroatoms. The number of nitrogens with zero attached hydrogens (tertiary/aromatic N) is 2. The zero-order valence-electron chi connectivity index (χ0n) is 17.3. The quantitative estimate of drug-likeness (QED) is 0.181. The molecule has 0 aliphatic carbocycles. The Bertz CT molecular complexity index is 1550. The van der Waals surface area contributed by atoms with Crippen molar-refractivity contribution in [3.63, 3.8) is 0 Å². The molecule has 5 aromatic rings. The lowest BCUT2D eigenvalue weighted by Crippen LogP contribution is -2.11. The molecule has 5 rings (SSSR count). The van der Waals surface area contributed by atoms with Crippen molar-refractivity contribution in [2.75, 3.05) is 0 Å². The molecule has 33 heavy (non-hydrogen) atoms. The number of carbonyl (C=O) groups excluding carboxylic acids is 1. The summed E-state index contributed by atoms with van der Waals surface area (Å²) in [5, 5.41) is 6.03. The van der Waals surface area contributed by atoms with Crippen LogP contribution in [0.25, 0.3) is 34.0 Å². The average Bonchev–Trinajstić information content (AvgIpc) is 3.27. The molecule has 0 aliphatic heterocycles. The smallest absolute Gasteiger partial charge is 0.347 e. The van der Waals surface area contributed by atoms with E-state index in [1.54, 1.807) is 47.2 Å². The molecule has 0 amide bonds. The molecule has 0 atom stereocenters. The molecule has 160 valence electrons. The van der Waals surface area contributed by atoms with Crippen LogP contribution >= 0.6 is 11.6 Å². The van der Waals surface area contributed by atoms with Crippen molar-refractivity contribution in [2.24, 2.45) is 0 Å². The monoisotopic (exact) mass is 452 g/mol. The van der Waals surface area contributed by atoms with Crippen molar-refractivity contribution in [1.82, 2.24) is 9.78 Å². The summed E-state index contributed by atoms with van der Waals surface area (Å²) < 4.78 is 7.04. The third-order valence-electron chi connectivity index (χ3n) is 5.20. The number of benzene rings is 3. The third-order valence-corrected chi connectivity index (χ3v) is 5.45. The fourth-order valence-corrected chi connectivity index (χ4v) is 3.67. The third kappa shape index (κ3) is 4.27. The highest BCUT2D eigenvalue weighted by Crippen LogP contribution is 2.26. The molecule has 0 radical (unpaired) electrons. The highest BCUT2D eigenvalue weighted by Gasteiger charge is 2.14. The molecule has 2 aromatic heterocycles. The van der Waals surface area contributed by atoms with Gasteiger partial charge in [0.1, 0.15) is 11.1 Å². The second kappa shape index (κ2) is 8.73. The zero-order valence-corrected chi connectivity index (χ0v) is 18.1. The SMILES string of the molecule is O=C(/C=C/c1cn(-c2ccccc2)nc1-c1ccc(Cl)cc1)c1cc2ccccc2oc1=O. The second-order valence-electron chi connectivity index (χ2n) is 7.40. The van der Waals surface area contributed by atoms with Crippen molar-refractivity contribution in [3.8, 4) is 16.9 Å². The molecule has 0 spiro atoms. The molecule has 0 fully saturated rings. The Morgan fingerprint density at radius 3 is 2.45 bits per heavy atom. The van der Waals surface area contributed by atoms with Gasteiger partial charge in [-0.3, -0.25) is 4.79 Å². The first kappa shape index (κ1) is 20.7. The van der Waals surface area contributed by atoms with Gasteiger partial charge in [-0.15, -0.1) is 0 Å². The van der Waals surface area contributed by atoms with E-state index in [-0.39, 0.29) is 5.56 Å². The van der Waals surface area contributed by atoms with Crippen molar-refractivity contribution in [2.45, 2.75) is 0 Å². The fourth-order valence-electron chi connectivity index (χ4n) is 3.54. The van der Waals surface area contributed by atoms with E-state index in [0.29, 0.717) is 21.7 Å². The largest absolute Gasteiger partial charge is 0.422 e. The summed E-state index contributed by atoms with van der Waals surface area (Å²) in [4.78, 5) is 25.2. The molecule has 0 saturated heterocycles. The van der Waals surface area contributed by atoms with E-state index in [4.69, 9.17) is 21.1 Å². The molecule has 0 bridgehead atoms. The maximum atomic E-state index is 12.9. The van der Waals surface area contributed by atoms with Crippen molar-refractivity contribution >= 4 is 34.4 Å². The van der Waals surface area contributed by atoms with Crippen LogP contribution in [0.1, 0.15) is 15.9 Å². The van der Waals surface area contributed by atoms with E-state index < -0.39 is 11.4 Å². The van der Waals surface area contributed by atoms with Crippen LogP contribution in [0.5, 0.6) is 0 Å². The number of carbonyl (C=O) groups is 1. The van der Waals surface area contributed by atoms with Gasteiger partial charge in [0.15, 0.2) is 5.78 Å². The van der Waals surface area contributed by atoms with Crippen LogP contribution in [0.15, 0.2) is 106 Å². The number of para-hydroxylation sites is 2. The number of hydrogen-bond donors (Lipinski definition) is 0. The van der Waals surface area contributed by atoms with Gasteiger partial charge in [-0.2, -0.15) is 5.10 Å². The van der Waals surface area contributed by atoms with E-state index in [1.165, 1.54) is 6.08 Å². The number of allylic oxidation sites excluding steroid dienone is 1. The van der Waals surface area contributed by atoms with Crippen LogP contribution in [0.2, 0.25) is 5.02 Å². The fraction of sp³-hybridized carbons (Fsp3) is 0. The Balaban J connectivity index is 1.55. The van der Waals surface area contributed by atoms with Gasteiger partial charge >= 0.3 is 5.63 Å². The van der Waals surface area contributed by atoms with E-state index >= 15 is 0 Å². The minimum Gasteiger partial charge on any atom is -0.422 e. The van der Waals surface area contributed by atoms with Crippen molar-refractivity contribution in [1.29, 1.82) is 0 Å². The summed E-state index contributed by atoms with van der Waals surface area (Å²) in [7, 11) is 0. The van der Waals surface area contributed by atoms with Gasteiger partial charge in [0.2, 0.25) is 0 Å². The standard InChI is InChI=1S/C27H17ClN2O3/c28-21-13-10-18(11-14-21)26-20(17-30(29-26)22-7-2-1-3-8-22)12-15-24(31)23-16-19-6-4-5-9-25(19)33-27(23)32/h1-17H/b15-12+. The lowest BCUT2D eigenvalue weighted by atomic mass is 10.1. The topological polar surface area (TPSA) is 65.1 Å². The van der Waals surface area contributed by atoms with E-state index in [1.807, 2.05) is 54.7 Å². The van der Waals surface area contributed by atoms with Gasteiger partial charge < -0.3 is 4.42 Å². The van der Waals surface area contributed by atoms with Gasteiger partial charge in [-0.05, 0) is 48.6 Å². The predicted molar refractivity (Wildman–Crippen MR) is 130 cm³/mol. The highest BCUT2D eigenvalue weighted by atomic mass is 35.5. The van der Waals surface area contributed by atoms with Gasteiger partial charge in [0.05, 0.1) is 11.4 Å². The van der Waals surface area contributed by atoms with Crippen molar-refractivity contribution in [3.05, 3.63) is 124 Å². The first-order valence-corrected chi connectivity index (χ1v) is 10.6. The molecule has 2 heterocycles. The average molecular weight is 453 g/mol. The lowest BCUT2D eigenvalue weighted by Gasteiger charge is -2.01. The number of aromatic nitrogens is 2. The molecular formula is C27H17ClN2O3. The number of halogens is 1. The van der Waals surface area contributed by atoms with Crippen LogP contribution in [0.3, 0.4) is 0 Å².